The van der Waals surface area contributed by atoms with Crippen LogP contribution in [-0.2, 0) is 39.0 Å². The van der Waals surface area contributed by atoms with Gasteiger partial charge in [0, 0.05) is 50.4 Å². The Balaban J connectivity index is 1.68. The second kappa shape index (κ2) is 18.1. The van der Waals surface area contributed by atoms with Crippen LogP contribution in [0.15, 0.2) is 42.5 Å². The van der Waals surface area contributed by atoms with Crippen molar-refractivity contribution in [3.05, 3.63) is 59.7 Å². The van der Waals surface area contributed by atoms with Crippen molar-refractivity contribution >= 4 is 57.7 Å². The van der Waals surface area contributed by atoms with Gasteiger partial charge in [0.1, 0.15) is 23.7 Å². The third-order valence-electron chi connectivity index (χ3n) is 7.63. The number of aryl methyl sites for hydroxylation is 2. The molecular weight excluding hydrogens is 634 g/mol. The largest absolute Gasteiger partial charge is 0.464 e. The summed E-state index contributed by atoms with van der Waals surface area (Å²) in [6.07, 6.45) is 1.16. The molecule has 10 nitrogen and oxygen atoms in total. The van der Waals surface area contributed by atoms with Crippen LogP contribution in [0, 0.1) is 11.7 Å². The van der Waals surface area contributed by atoms with Crippen molar-refractivity contribution in [2.75, 3.05) is 36.4 Å². The fourth-order valence-corrected chi connectivity index (χ4v) is 5.60. The molecule has 1 aromatic heterocycles. The zero-order chi connectivity index (χ0) is 33.8. The quantitative estimate of drug-likeness (QED) is 0.137. The lowest BCUT2D eigenvalue weighted by Gasteiger charge is -2.25. The predicted octanol–water partition coefficient (Wildman–Crippen LogP) is 4.08. The number of carbonyl (C=O) groups excluding carboxylic acids is 3. The molecule has 2 aromatic carbocycles. The molecule has 13 heteroatoms. The monoisotopic (exact) mass is 678 g/mol. The number of amides is 2. The molecule has 0 aliphatic rings. The smallest absolute Gasteiger partial charge is 0.328 e. The number of hydrogen-bond donors (Lipinski definition) is 3. The number of ether oxygens (including phenoxy) is 1. The standard InChI is InChI=1S/C33H45Cl2FN6O4/c1-5-46-33(45)28(19-22-6-8-23(36)9-7-22)40-32(44)27(18-21(2)3)39-31(43)25(37)11-13-30-38-26-20-24(10-12-29(26)41(30)4)42(16-14-34)17-15-35/h6-10,12,20-21,25,27-28H,5,11,13-19,37H2,1-4H3,(H,39,43)(H,40,44)/t25-,27-,28-/m0/s1. The molecule has 4 N–H and O–H groups in total. The Morgan fingerprint density at radius 3 is 2.28 bits per heavy atom. The van der Waals surface area contributed by atoms with Crippen LogP contribution < -0.4 is 21.3 Å². The number of nitrogens with two attached hydrogens (primary N) is 1. The highest BCUT2D eigenvalue weighted by molar-refractivity contribution is 6.18. The van der Waals surface area contributed by atoms with Crippen molar-refractivity contribution < 1.29 is 23.5 Å². The summed E-state index contributed by atoms with van der Waals surface area (Å²) in [5, 5.41) is 5.51. The third-order valence-corrected chi connectivity index (χ3v) is 7.97. The average Bonchev–Trinajstić information content (AvgIpc) is 3.34. The highest BCUT2D eigenvalue weighted by Crippen LogP contribution is 2.23. The van der Waals surface area contributed by atoms with Gasteiger partial charge in [0.15, 0.2) is 0 Å². The Kier molecular flexibility index (Phi) is 14.5. The van der Waals surface area contributed by atoms with E-state index in [9.17, 15) is 18.8 Å². The van der Waals surface area contributed by atoms with Crippen molar-refractivity contribution in [2.24, 2.45) is 18.7 Å². The SMILES string of the molecule is CCOC(=O)[C@H](Cc1ccc(F)cc1)NC(=O)[C@H](CC(C)C)NC(=O)[C@@H](N)CCc1nc2cc(N(CCCl)CCCl)ccc2n1C. The van der Waals surface area contributed by atoms with Crippen LogP contribution >= 0.6 is 23.2 Å². The van der Waals surface area contributed by atoms with Crippen molar-refractivity contribution in [3.8, 4) is 0 Å². The molecule has 3 rings (SSSR count). The van der Waals surface area contributed by atoms with Crippen LogP contribution in [0.1, 0.15) is 45.0 Å². The highest BCUT2D eigenvalue weighted by atomic mass is 35.5. The summed E-state index contributed by atoms with van der Waals surface area (Å²) in [6.45, 7) is 6.98. The van der Waals surface area contributed by atoms with Crippen LogP contribution in [0.3, 0.4) is 0 Å². The Labute approximate surface area is 280 Å². The first-order valence-corrected chi connectivity index (χ1v) is 16.6. The second-order valence-corrected chi connectivity index (χ2v) is 12.4. The number of imidazole rings is 1. The summed E-state index contributed by atoms with van der Waals surface area (Å²) < 4.78 is 20.6. The first-order chi connectivity index (χ1) is 22.0. The number of alkyl halides is 2. The number of esters is 1. The van der Waals surface area contributed by atoms with E-state index in [0.717, 1.165) is 22.5 Å². The van der Waals surface area contributed by atoms with E-state index in [2.05, 4.69) is 15.5 Å². The van der Waals surface area contributed by atoms with Gasteiger partial charge in [0.05, 0.1) is 23.7 Å². The molecule has 0 fully saturated rings. The zero-order valence-electron chi connectivity index (χ0n) is 26.9. The predicted molar refractivity (Wildman–Crippen MR) is 181 cm³/mol. The number of hydrogen-bond acceptors (Lipinski definition) is 7. The number of anilines is 1. The van der Waals surface area contributed by atoms with E-state index in [-0.39, 0.29) is 18.9 Å². The minimum absolute atomic E-state index is 0.0557. The molecule has 2 amide bonds. The second-order valence-electron chi connectivity index (χ2n) is 11.6. The van der Waals surface area contributed by atoms with Gasteiger partial charge in [0.2, 0.25) is 11.8 Å². The van der Waals surface area contributed by atoms with Gasteiger partial charge in [-0.15, -0.1) is 23.2 Å². The van der Waals surface area contributed by atoms with Crippen LogP contribution in [-0.4, -0.2) is 76.9 Å². The van der Waals surface area contributed by atoms with Gasteiger partial charge in [-0.05, 0) is 61.6 Å². The zero-order valence-corrected chi connectivity index (χ0v) is 28.4. The highest BCUT2D eigenvalue weighted by Gasteiger charge is 2.29. The minimum atomic E-state index is -1.02. The van der Waals surface area contributed by atoms with Gasteiger partial charge in [-0.1, -0.05) is 26.0 Å². The molecule has 0 spiro atoms. The van der Waals surface area contributed by atoms with Gasteiger partial charge in [-0.3, -0.25) is 9.59 Å². The van der Waals surface area contributed by atoms with E-state index < -0.39 is 41.7 Å². The maximum absolute atomic E-state index is 13.4. The molecule has 1 heterocycles. The van der Waals surface area contributed by atoms with Crippen LogP contribution in [0.5, 0.6) is 0 Å². The lowest BCUT2D eigenvalue weighted by molar-refractivity contribution is -0.147. The van der Waals surface area contributed by atoms with Gasteiger partial charge < -0.3 is 30.6 Å². The fourth-order valence-electron chi connectivity index (χ4n) is 5.19. The molecule has 0 saturated heterocycles. The Hall–Kier alpha value is -3.41. The molecule has 0 saturated carbocycles. The number of carbonyl (C=O) groups is 3. The first kappa shape index (κ1) is 37.1. The van der Waals surface area contributed by atoms with Gasteiger partial charge in [-0.25, -0.2) is 14.2 Å². The number of halogens is 3. The van der Waals surface area contributed by atoms with Crippen LogP contribution in [0.4, 0.5) is 10.1 Å². The lowest BCUT2D eigenvalue weighted by Crippen LogP contribution is -2.55. The Morgan fingerprint density at radius 2 is 1.67 bits per heavy atom. The van der Waals surface area contributed by atoms with E-state index in [1.807, 2.05) is 43.7 Å². The number of benzene rings is 2. The van der Waals surface area contributed by atoms with E-state index in [4.69, 9.17) is 38.7 Å². The van der Waals surface area contributed by atoms with E-state index in [1.54, 1.807) is 19.1 Å². The minimum Gasteiger partial charge on any atom is -0.464 e. The molecule has 0 bridgehead atoms. The summed E-state index contributed by atoms with van der Waals surface area (Å²) in [5.74, 6) is -0.259. The van der Waals surface area contributed by atoms with Gasteiger partial charge >= 0.3 is 5.97 Å². The molecule has 0 aliphatic carbocycles. The average molecular weight is 680 g/mol. The number of aromatic nitrogens is 2. The van der Waals surface area contributed by atoms with Crippen LogP contribution in [0.2, 0.25) is 0 Å². The topological polar surface area (TPSA) is 132 Å². The molecule has 3 aromatic rings. The van der Waals surface area contributed by atoms with Crippen molar-refractivity contribution in [1.82, 2.24) is 20.2 Å². The normalized spacial score (nSPS) is 13.3. The molecule has 3 atom stereocenters. The maximum atomic E-state index is 13.4. The summed E-state index contributed by atoms with van der Waals surface area (Å²) in [6, 6.07) is 8.81. The number of nitrogens with one attached hydrogen (secondary N) is 2. The van der Waals surface area contributed by atoms with Crippen molar-refractivity contribution in [2.45, 2.75) is 64.6 Å². The van der Waals surface area contributed by atoms with Gasteiger partial charge in [-0.2, -0.15) is 0 Å². The van der Waals surface area contributed by atoms with Crippen molar-refractivity contribution in [1.29, 1.82) is 0 Å². The van der Waals surface area contributed by atoms with E-state index in [0.29, 0.717) is 49.7 Å². The molecule has 0 aliphatic heterocycles. The van der Waals surface area contributed by atoms with Crippen LogP contribution in [0.25, 0.3) is 11.0 Å². The number of fused-ring (bicyclic) bond motifs is 1. The maximum Gasteiger partial charge on any atom is 0.328 e. The Bertz CT molecular complexity index is 1450. The molecule has 0 unspecified atom stereocenters. The Morgan fingerprint density at radius 1 is 1.02 bits per heavy atom. The molecule has 252 valence electrons. The molecule has 0 radical (unpaired) electrons. The number of nitrogens with zero attached hydrogens (tertiary/aromatic N) is 3. The fraction of sp³-hybridized carbons (Fsp3) is 0.515. The van der Waals surface area contributed by atoms with E-state index >= 15 is 0 Å². The third kappa shape index (κ3) is 10.6. The number of rotatable bonds is 18. The molecular formula is C33H45Cl2FN6O4. The summed E-state index contributed by atoms with van der Waals surface area (Å²) >= 11 is 12.0. The summed E-state index contributed by atoms with van der Waals surface area (Å²) in [4.78, 5) is 46.2. The van der Waals surface area contributed by atoms with Crippen molar-refractivity contribution in [3.63, 3.8) is 0 Å². The van der Waals surface area contributed by atoms with E-state index in [1.165, 1.54) is 12.1 Å². The molecule has 46 heavy (non-hydrogen) atoms. The van der Waals surface area contributed by atoms with Gasteiger partial charge in [0.25, 0.3) is 0 Å². The summed E-state index contributed by atoms with van der Waals surface area (Å²) in [5.41, 5.74) is 9.69. The lowest BCUT2D eigenvalue weighted by atomic mass is 10.0. The first-order valence-electron chi connectivity index (χ1n) is 15.6. The summed E-state index contributed by atoms with van der Waals surface area (Å²) in [7, 11) is 1.92.